The van der Waals surface area contributed by atoms with Crippen molar-refractivity contribution in [2.75, 3.05) is 0 Å². The Morgan fingerprint density at radius 1 is 0.500 bits per heavy atom. The number of allylic oxidation sites excluding steroid dienone is 2. The van der Waals surface area contributed by atoms with E-state index in [1.807, 2.05) is 0 Å². The second-order valence-corrected chi connectivity index (χ2v) is 13.2. The van der Waals surface area contributed by atoms with Crippen LogP contribution in [-0.2, 0) is 0 Å². The zero-order valence-electron chi connectivity index (χ0n) is 27.1. The molecule has 3 heterocycles. The summed E-state index contributed by atoms with van der Waals surface area (Å²) < 4.78 is 4.80. The van der Waals surface area contributed by atoms with Gasteiger partial charge in [0.05, 0.1) is 33.8 Å². The fourth-order valence-corrected chi connectivity index (χ4v) is 8.29. The Morgan fingerprint density at radius 2 is 1.14 bits per heavy atom. The van der Waals surface area contributed by atoms with E-state index in [2.05, 4.69) is 184 Å². The summed E-state index contributed by atoms with van der Waals surface area (Å²) in [4.78, 5) is 5.48. The molecule has 9 aromatic rings. The molecule has 0 saturated heterocycles. The van der Waals surface area contributed by atoms with Crippen molar-refractivity contribution in [2.45, 2.75) is 6.04 Å². The number of aromatic nitrogens is 2. The highest BCUT2D eigenvalue weighted by molar-refractivity contribution is 6.29. The van der Waals surface area contributed by atoms with Crippen molar-refractivity contribution in [3.63, 3.8) is 0 Å². The van der Waals surface area contributed by atoms with E-state index in [9.17, 15) is 0 Å². The van der Waals surface area contributed by atoms with Gasteiger partial charge in [-0.15, -0.1) is 0 Å². The van der Waals surface area contributed by atoms with Crippen LogP contribution >= 0.6 is 0 Å². The lowest BCUT2D eigenvalue weighted by atomic mass is 10.00. The molecular formula is C46H30N4. The van der Waals surface area contributed by atoms with E-state index in [-0.39, 0.29) is 6.04 Å². The van der Waals surface area contributed by atoms with Crippen molar-refractivity contribution >= 4 is 82.4 Å². The first-order valence-corrected chi connectivity index (χ1v) is 17.2. The predicted molar refractivity (Wildman–Crippen MR) is 211 cm³/mol. The summed E-state index contributed by atoms with van der Waals surface area (Å²) in [6.07, 6.45) is 8.51. The van der Waals surface area contributed by atoms with Crippen molar-refractivity contribution in [3.8, 4) is 5.69 Å². The Balaban J connectivity index is 1.27. The second kappa shape index (κ2) is 10.4. The molecule has 1 atom stereocenters. The van der Waals surface area contributed by atoms with Gasteiger partial charge in [0.15, 0.2) is 0 Å². The molecule has 50 heavy (non-hydrogen) atoms. The van der Waals surface area contributed by atoms with Crippen molar-refractivity contribution in [1.82, 2.24) is 14.5 Å². The quantitative estimate of drug-likeness (QED) is 0.205. The predicted octanol–water partition coefficient (Wildman–Crippen LogP) is 11.0. The number of nitrogens with one attached hydrogen (secondary N) is 1. The SMILES string of the molecule is C1=CC2=NC(c3ccc4c5ccccc5n(-c5ccccc5)c4c3)=C(n3c4ccc5ccccc5c4c4c5ccccc5ccc43)NC2C=C1. The summed E-state index contributed by atoms with van der Waals surface area (Å²) in [6, 6.07) is 52.7. The highest BCUT2D eigenvalue weighted by Gasteiger charge is 2.28. The molecule has 11 rings (SSSR count). The first-order chi connectivity index (χ1) is 24.8. The molecule has 234 valence electrons. The maximum atomic E-state index is 5.48. The standard InChI is InChI=1S/C46H30N4/c1-2-14-32(15-3-1)49-39-21-11-8-18-35(39)36-25-22-31(28-42(36)49)45-46(48-38-20-10-9-19-37(38)47-45)50-40-26-23-29-12-4-6-16-33(29)43(40)44-34-17-7-5-13-30(34)24-27-41(44)50/h1-28,38,48H. The van der Waals surface area contributed by atoms with E-state index in [4.69, 9.17) is 4.99 Å². The first kappa shape index (κ1) is 27.3. The van der Waals surface area contributed by atoms with Crippen molar-refractivity contribution in [1.29, 1.82) is 0 Å². The Bertz CT molecular complexity index is 2910. The molecule has 4 nitrogen and oxygen atoms in total. The summed E-state index contributed by atoms with van der Waals surface area (Å²) in [5.74, 6) is 0.978. The maximum Gasteiger partial charge on any atom is 0.138 e. The topological polar surface area (TPSA) is 34.2 Å². The molecule has 7 aromatic carbocycles. The van der Waals surface area contributed by atoms with Gasteiger partial charge in [-0.05, 0) is 64.0 Å². The number of nitrogens with zero attached hydrogens (tertiary/aromatic N) is 3. The van der Waals surface area contributed by atoms with E-state index in [1.165, 1.54) is 48.6 Å². The molecule has 0 bridgehead atoms. The first-order valence-electron chi connectivity index (χ1n) is 17.2. The van der Waals surface area contributed by atoms with Gasteiger partial charge in [-0.2, -0.15) is 0 Å². The molecule has 0 saturated carbocycles. The third-order valence-electron chi connectivity index (χ3n) is 10.5. The number of aliphatic imine (C=N–C) groups is 1. The Hall–Kier alpha value is -6.65. The van der Waals surface area contributed by atoms with Gasteiger partial charge in [0.2, 0.25) is 0 Å². The van der Waals surface area contributed by atoms with Crippen LogP contribution < -0.4 is 5.32 Å². The lowest BCUT2D eigenvalue weighted by molar-refractivity contribution is 0.837. The number of hydrogen-bond acceptors (Lipinski definition) is 2. The maximum absolute atomic E-state index is 5.48. The summed E-state index contributed by atoms with van der Waals surface area (Å²) in [7, 11) is 0. The van der Waals surface area contributed by atoms with E-state index < -0.39 is 0 Å². The van der Waals surface area contributed by atoms with Gasteiger partial charge in [-0.25, -0.2) is 4.99 Å². The van der Waals surface area contributed by atoms with Gasteiger partial charge < -0.3 is 9.88 Å². The zero-order valence-corrected chi connectivity index (χ0v) is 27.1. The number of benzene rings is 7. The third kappa shape index (κ3) is 3.84. The van der Waals surface area contributed by atoms with E-state index >= 15 is 0 Å². The minimum Gasteiger partial charge on any atom is -0.357 e. The largest absolute Gasteiger partial charge is 0.357 e. The minimum atomic E-state index is -0.0355. The second-order valence-electron chi connectivity index (χ2n) is 13.2. The average molecular weight is 639 g/mol. The summed E-state index contributed by atoms with van der Waals surface area (Å²) in [6.45, 7) is 0. The van der Waals surface area contributed by atoms with E-state index in [0.29, 0.717) is 0 Å². The lowest BCUT2D eigenvalue weighted by Crippen LogP contribution is -2.38. The van der Waals surface area contributed by atoms with Crippen LogP contribution in [0, 0.1) is 0 Å². The van der Waals surface area contributed by atoms with E-state index in [0.717, 1.165) is 45.0 Å². The van der Waals surface area contributed by atoms with E-state index in [1.54, 1.807) is 0 Å². The lowest BCUT2D eigenvalue weighted by Gasteiger charge is -2.29. The van der Waals surface area contributed by atoms with Crippen molar-refractivity contribution < 1.29 is 0 Å². The highest BCUT2D eigenvalue weighted by Crippen LogP contribution is 2.43. The van der Waals surface area contributed by atoms with Crippen molar-refractivity contribution in [3.05, 3.63) is 175 Å². The van der Waals surface area contributed by atoms with Gasteiger partial charge in [0.25, 0.3) is 0 Å². The van der Waals surface area contributed by atoms with Gasteiger partial charge in [0, 0.05) is 32.8 Å². The molecule has 1 aliphatic heterocycles. The zero-order chi connectivity index (χ0) is 32.8. The monoisotopic (exact) mass is 638 g/mol. The fraction of sp³-hybridized carbons (Fsp3) is 0.0217. The number of fused-ring (bicyclic) bond motifs is 11. The Labute approximate surface area is 288 Å². The Kier molecular flexibility index (Phi) is 5.69. The number of hydrogen-bond donors (Lipinski definition) is 1. The van der Waals surface area contributed by atoms with Gasteiger partial charge in [-0.1, -0.05) is 127 Å². The molecule has 0 spiro atoms. The highest BCUT2D eigenvalue weighted by atomic mass is 15.2. The normalized spacial score (nSPS) is 15.8. The third-order valence-corrected chi connectivity index (χ3v) is 10.5. The molecule has 1 unspecified atom stereocenters. The molecule has 0 fully saturated rings. The average Bonchev–Trinajstić information content (AvgIpc) is 3.71. The molecule has 2 aliphatic rings. The summed E-state index contributed by atoms with van der Waals surface area (Å²) >= 11 is 0. The molecular weight excluding hydrogens is 609 g/mol. The van der Waals surface area contributed by atoms with Crippen LogP contribution in [-0.4, -0.2) is 20.9 Å². The van der Waals surface area contributed by atoms with Crippen LogP contribution in [0.2, 0.25) is 0 Å². The minimum absolute atomic E-state index is 0.0355. The smallest absolute Gasteiger partial charge is 0.138 e. The summed E-state index contributed by atoms with van der Waals surface area (Å²) in [5.41, 5.74) is 8.78. The van der Waals surface area contributed by atoms with Gasteiger partial charge in [-0.3, -0.25) is 4.57 Å². The molecule has 4 heteroatoms. The van der Waals surface area contributed by atoms with Gasteiger partial charge in [0.1, 0.15) is 11.5 Å². The fourth-order valence-electron chi connectivity index (χ4n) is 8.29. The molecule has 1 N–H and O–H groups in total. The Morgan fingerprint density at radius 3 is 1.88 bits per heavy atom. The summed E-state index contributed by atoms with van der Waals surface area (Å²) in [5, 5.41) is 13.9. The van der Waals surface area contributed by atoms with Crippen LogP contribution in [0.1, 0.15) is 5.56 Å². The van der Waals surface area contributed by atoms with Crippen LogP contribution in [0.5, 0.6) is 0 Å². The molecule has 2 aromatic heterocycles. The number of para-hydroxylation sites is 2. The van der Waals surface area contributed by atoms with Crippen LogP contribution in [0.4, 0.5) is 0 Å². The van der Waals surface area contributed by atoms with Crippen molar-refractivity contribution in [2.24, 2.45) is 4.99 Å². The van der Waals surface area contributed by atoms with Crippen LogP contribution in [0.3, 0.4) is 0 Å². The van der Waals surface area contributed by atoms with Crippen LogP contribution in [0.25, 0.3) is 82.4 Å². The molecule has 1 aliphatic carbocycles. The molecule has 0 amide bonds. The van der Waals surface area contributed by atoms with Crippen LogP contribution in [0.15, 0.2) is 175 Å². The molecule has 0 radical (unpaired) electrons. The number of rotatable bonds is 3. The van der Waals surface area contributed by atoms with Gasteiger partial charge >= 0.3 is 0 Å².